The summed E-state index contributed by atoms with van der Waals surface area (Å²) in [5.74, 6) is -0.655. The summed E-state index contributed by atoms with van der Waals surface area (Å²) >= 11 is 0. The molecule has 0 aliphatic carbocycles. The highest BCUT2D eigenvalue weighted by molar-refractivity contribution is 5.84. The summed E-state index contributed by atoms with van der Waals surface area (Å²) in [6, 6.07) is 8.75. The first kappa shape index (κ1) is 16.5. The molecule has 1 heterocycles. The molecule has 120 valence electrons. The Morgan fingerprint density at radius 2 is 2.18 bits per heavy atom. The molecule has 0 radical (unpaired) electrons. The van der Waals surface area contributed by atoms with Crippen LogP contribution >= 0.6 is 0 Å². The smallest absolute Gasteiger partial charge is 0.328 e. The standard InChI is InChI=1S/C16H22N2O4/c1-12(16(20)22-11-13-5-3-2-4-6-13)18-15(19)9-14-10-17-7-8-21-14/h2-6,12,14,17H,7-11H2,1H3,(H,18,19)/t12-,14?/m0/s1. The van der Waals surface area contributed by atoms with Crippen molar-refractivity contribution in [2.75, 3.05) is 19.7 Å². The summed E-state index contributed by atoms with van der Waals surface area (Å²) in [5, 5.41) is 5.80. The summed E-state index contributed by atoms with van der Waals surface area (Å²) in [4.78, 5) is 23.7. The fourth-order valence-corrected chi connectivity index (χ4v) is 2.17. The Hall–Kier alpha value is -1.92. The van der Waals surface area contributed by atoms with E-state index in [0.717, 1.165) is 12.1 Å². The van der Waals surface area contributed by atoms with Crippen molar-refractivity contribution in [1.29, 1.82) is 0 Å². The number of benzene rings is 1. The Balaban J connectivity index is 1.69. The van der Waals surface area contributed by atoms with Crippen LogP contribution in [0.1, 0.15) is 18.9 Å². The molecule has 0 saturated carbocycles. The second-order valence-corrected chi connectivity index (χ2v) is 5.28. The molecule has 0 spiro atoms. The van der Waals surface area contributed by atoms with Gasteiger partial charge in [0.05, 0.1) is 19.1 Å². The average Bonchev–Trinajstić information content (AvgIpc) is 2.54. The molecule has 1 aromatic carbocycles. The number of hydrogen-bond acceptors (Lipinski definition) is 5. The van der Waals surface area contributed by atoms with Gasteiger partial charge >= 0.3 is 5.97 Å². The molecule has 1 saturated heterocycles. The molecule has 6 nitrogen and oxygen atoms in total. The van der Waals surface area contributed by atoms with Gasteiger partial charge in [0.1, 0.15) is 12.6 Å². The predicted octanol–water partition coefficient (Wildman–Crippen LogP) is 0.613. The van der Waals surface area contributed by atoms with Crippen LogP contribution in [0.15, 0.2) is 30.3 Å². The SMILES string of the molecule is C[C@H](NC(=O)CC1CNCCO1)C(=O)OCc1ccccc1. The number of ether oxygens (including phenoxy) is 2. The zero-order valence-electron chi connectivity index (χ0n) is 12.7. The van der Waals surface area contributed by atoms with Crippen LogP contribution in [0.25, 0.3) is 0 Å². The first-order chi connectivity index (χ1) is 10.6. The van der Waals surface area contributed by atoms with Crippen LogP contribution in [0.3, 0.4) is 0 Å². The van der Waals surface area contributed by atoms with E-state index in [1.807, 2.05) is 30.3 Å². The van der Waals surface area contributed by atoms with Crippen molar-refractivity contribution in [3.05, 3.63) is 35.9 Å². The van der Waals surface area contributed by atoms with Crippen molar-refractivity contribution in [2.24, 2.45) is 0 Å². The third-order valence-corrected chi connectivity index (χ3v) is 3.37. The number of rotatable bonds is 6. The van der Waals surface area contributed by atoms with Gasteiger partial charge in [0.15, 0.2) is 0 Å². The van der Waals surface area contributed by atoms with E-state index in [9.17, 15) is 9.59 Å². The van der Waals surface area contributed by atoms with E-state index in [4.69, 9.17) is 9.47 Å². The van der Waals surface area contributed by atoms with Crippen LogP contribution in [0.5, 0.6) is 0 Å². The van der Waals surface area contributed by atoms with E-state index in [1.165, 1.54) is 0 Å². The minimum atomic E-state index is -0.673. The number of nitrogens with one attached hydrogen (secondary N) is 2. The molecular weight excluding hydrogens is 284 g/mol. The van der Waals surface area contributed by atoms with Crippen LogP contribution in [0, 0.1) is 0 Å². The van der Waals surface area contributed by atoms with Gasteiger partial charge in [-0.1, -0.05) is 30.3 Å². The van der Waals surface area contributed by atoms with Gasteiger partial charge in [-0.15, -0.1) is 0 Å². The summed E-state index contributed by atoms with van der Waals surface area (Å²) in [5.41, 5.74) is 0.913. The number of morpholine rings is 1. The van der Waals surface area contributed by atoms with Crippen molar-refractivity contribution >= 4 is 11.9 Å². The minimum absolute atomic E-state index is 0.138. The molecule has 0 bridgehead atoms. The van der Waals surface area contributed by atoms with Crippen LogP contribution in [0.2, 0.25) is 0 Å². The van der Waals surface area contributed by atoms with Gasteiger partial charge in [0, 0.05) is 13.1 Å². The van der Waals surface area contributed by atoms with Gasteiger partial charge in [0.25, 0.3) is 0 Å². The Kier molecular flexibility index (Phi) is 6.36. The van der Waals surface area contributed by atoms with Crippen molar-refractivity contribution in [3.63, 3.8) is 0 Å². The fourth-order valence-electron chi connectivity index (χ4n) is 2.17. The lowest BCUT2D eigenvalue weighted by Gasteiger charge is -2.23. The lowest BCUT2D eigenvalue weighted by atomic mass is 10.2. The molecule has 1 aromatic rings. The van der Waals surface area contributed by atoms with E-state index in [2.05, 4.69) is 10.6 Å². The first-order valence-electron chi connectivity index (χ1n) is 7.47. The van der Waals surface area contributed by atoms with E-state index in [0.29, 0.717) is 13.2 Å². The summed E-state index contributed by atoms with van der Waals surface area (Å²) in [6.07, 6.45) is 0.102. The number of carbonyl (C=O) groups excluding carboxylic acids is 2. The van der Waals surface area contributed by atoms with Gasteiger partial charge < -0.3 is 20.1 Å². The minimum Gasteiger partial charge on any atom is -0.459 e. The van der Waals surface area contributed by atoms with Crippen LogP contribution in [0.4, 0.5) is 0 Å². The van der Waals surface area contributed by atoms with Gasteiger partial charge in [-0.3, -0.25) is 4.79 Å². The second-order valence-electron chi connectivity index (χ2n) is 5.28. The normalized spacial score (nSPS) is 19.2. The summed E-state index contributed by atoms with van der Waals surface area (Å²) in [6.45, 7) is 3.88. The second kappa shape index (κ2) is 8.51. The topological polar surface area (TPSA) is 76.7 Å². The molecule has 1 unspecified atom stereocenters. The number of hydrogen-bond donors (Lipinski definition) is 2. The molecular formula is C16H22N2O4. The Morgan fingerprint density at radius 1 is 1.41 bits per heavy atom. The zero-order valence-corrected chi connectivity index (χ0v) is 12.7. The maximum absolute atomic E-state index is 11.9. The molecule has 2 N–H and O–H groups in total. The van der Waals surface area contributed by atoms with Crippen LogP contribution in [-0.4, -0.2) is 43.7 Å². The van der Waals surface area contributed by atoms with Gasteiger partial charge in [-0.2, -0.15) is 0 Å². The van der Waals surface area contributed by atoms with Crippen molar-refractivity contribution in [3.8, 4) is 0 Å². The molecule has 1 fully saturated rings. The molecule has 2 rings (SSSR count). The van der Waals surface area contributed by atoms with E-state index >= 15 is 0 Å². The van der Waals surface area contributed by atoms with Crippen molar-refractivity contribution in [1.82, 2.24) is 10.6 Å². The molecule has 1 amide bonds. The maximum Gasteiger partial charge on any atom is 0.328 e. The molecule has 1 aliphatic heterocycles. The van der Waals surface area contributed by atoms with Crippen LogP contribution in [-0.2, 0) is 25.7 Å². The van der Waals surface area contributed by atoms with Crippen LogP contribution < -0.4 is 10.6 Å². The van der Waals surface area contributed by atoms with E-state index in [1.54, 1.807) is 6.92 Å². The number of esters is 1. The highest BCUT2D eigenvalue weighted by atomic mass is 16.5. The Morgan fingerprint density at radius 3 is 2.86 bits per heavy atom. The maximum atomic E-state index is 11.9. The largest absolute Gasteiger partial charge is 0.459 e. The zero-order chi connectivity index (χ0) is 15.8. The summed E-state index contributed by atoms with van der Waals surface area (Å²) < 4.78 is 10.6. The lowest BCUT2D eigenvalue weighted by molar-refractivity contribution is -0.148. The third kappa shape index (κ3) is 5.46. The van der Waals surface area contributed by atoms with E-state index in [-0.39, 0.29) is 25.0 Å². The number of carbonyl (C=O) groups is 2. The molecule has 1 aliphatic rings. The van der Waals surface area contributed by atoms with Crippen molar-refractivity contribution < 1.29 is 19.1 Å². The molecule has 2 atom stereocenters. The monoisotopic (exact) mass is 306 g/mol. The van der Waals surface area contributed by atoms with Gasteiger partial charge in [-0.05, 0) is 12.5 Å². The number of amides is 1. The fraction of sp³-hybridized carbons (Fsp3) is 0.500. The summed E-state index contributed by atoms with van der Waals surface area (Å²) in [7, 11) is 0. The quantitative estimate of drug-likeness (QED) is 0.753. The predicted molar refractivity (Wildman–Crippen MR) is 81.1 cm³/mol. The molecule has 6 heteroatoms. The van der Waals surface area contributed by atoms with Gasteiger partial charge in [0.2, 0.25) is 5.91 Å². The van der Waals surface area contributed by atoms with Crippen molar-refractivity contribution in [2.45, 2.75) is 32.1 Å². The highest BCUT2D eigenvalue weighted by Gasteiger charge is 2.21. The first-order valence-corrected chi connectivity index (χ1v) is 7.47. The molecule has 0 aromatic heterocycles. The third-order valence-electron chi connectivity index (χ3n) is 3.37. The van der Waals surface area contributed by atoms with E-state index < -0.39 is 12.0 Å². The Labute approximate surface area is 130 Å². The van der Waals surface area contributed by atoms with Gasteiger partial charge in [-0.25, -0.2) is 4.79 Å². The molecule has 22 heavy (non-hydrogen) atoms. The average molecular weight is 306 g/mol. The Bertz CT molecular complexity index is 486. The lowest BCUT2D eigenvalue weighted by Crippen LogP contribution is -2.44. The highest BCUT2D eigenvalue weighted by Crippen LogP contribution is 2.04.